The average Bonchev–Trinajstić information content (AvgIpc) is 3.38. The van der Waals surface area contributed by atoms with Crippen molar-refractivity contribution in [3.8, 4) is 0 Å². The number of carbonyl (C=O) groups excluding carboxylic acids is 2. The molecule has 0 aromatic carbocycles. The standard InChI is InChI=1S/C66H125NO5/c1-3-5-7-9-11-13-15-17-35-38-42-46-50-54-58-64(69)63(62-68)67-65(70)59-55-51-47-43-39-36-33-31-29-27-25-23-21-19-18-20-22-24-26-28-30-32-34-37-41-45-49-53-57-61-72-66(71)60-56-52-48-44-40-16-14-12-10-8-6-4-2/h12,14,18,20,24,26,63-64,68-69H,3-11,13,15-17,19,21-23,25,27-62H2,1-2H3,(H,67,70)/b14-12-,20-18-,26-24-. The highest BCUT2D eigenvalue weighted by Crippen LogP contribution is 2.17. The zero-order valence-electron chi connectivity index (χ0n) is 48.4. The van der Waals surface area contributed by atoms with Crippen molar-refractivity contribution in [2.24, 2.45) is 0 Å². The molecule has 0 aromatic heterocycles. The van der Waals surface area contributed by atoms with Crippen molar-refractivity contribution in [2.75, 3.05) is 13.2 Å². The SMILES string of the molecule is CCCCC/C=C\CCCCCCCC(=O)OCCCCCCCCCCC/C=C\C/C=C\CCCCCCCCCCCCCCCC(=O)NC(CO)C(O)CCCCCCCCCCCCCCCC. The summed E-state index contributed by atoms with van der Waals surface area (Å²) in [5.74, 6) is -0.0327. The van der Waals surface area contributed by atoms with Gasteiger partial charge in [0, 0.05) is 12.8 Å². The molecule has 0 bridgehead atoms. The second-order valence-corrected chi connectivity index (χ2v) is 22.1. The summed E-state index contributed by atoms with van der Waals surface area (Å²) in [5.41, 5.74) is 0. The molecule has 0 spiro atoms. The lowest BCUT2D eigenvalue weighted by Gasteiger charge is -2.22. The molecule has 0 aliphatic rings. The second-order valence-electron chi connectivity index (χ2n) is 22.1. The molecule has 0 fully saturated rings. The van der Waals surface area contributed by atoms with Crippen molar-refractivity contribution >= 4 is 11.9 Å². The molecule has 6 heteroatoms. The highest BCUT2D eigenvalue weighted by Gasteiger charge is 2.20. The van der Waals surface area contributed by atoms with Gasteiger partial charge in [-0.15, -0.1) is 0 Å². The number of aliphatic hydroxyl groups excluding tert-OH is 2. The lowest BCUT2D eigenvalue weighted by Crippen LogP contribution is -2.45. The number of nitrogens with one attached hydrogen (secondary N) is 1. The highest BCUT2D eigenvalue weighted by molar-refractivity contribution is 5.76. The monoisotopic (exact) mass is 1010 g/mol. The molecule has 0 heterocycles. The molecule has 1 amide bonds. The normalized spacial score (nSPS) is 12.8. The Bertz CT molecular complexity index is 1170. The maximum Gasteiger partial charge on any atom is 0.305 e. The van der Waals surface area contributed by atoms with E-state index in [1.165, 1.54) is 263 Å². The number of rotatable bonds is 60. The molecular weight excluding hydrogens is 887 g/mol. The van der Waals surface area contributed by atoms with Crippen LogP contribution in [0.1, 0.15) is 348 Å². The third-order valence-electron chi connectivity index (χ3n) is 14.9. The number of aliphatic hydroxyl groups is 2. The first kappa shape index (κ1) is 70.1. The molecule has 424 valence electrons. The molecular formula is C66H125NO5. The quantitative estimate of drug-likeness (QED) is 0.0320. The van der Waals surface area contributed by atoms with Gasteiger partial charge in [0.1, 0.15) is 0 Å². The molecule has 0 aliphatic heterocycles. The van der Waals surface area contributed by atoms with Gasteiger partial charge < -0.3 is 20.3 Å². The van der Waals surface area contributed by atoms with Crippen LogP contribution in [-0.4, -0.2) is 47.4 Å². The minimum absolute atomic E-state index is 0.00188. The van der Waals surface area contributed by atoms with E-state index in [1.807, 2.05) is 0 Å². The summed E-state index contributed by atoms with van der Waals surface area (Å²) in [6.45, 7) is 4.94. The lowest BCUT2D eigenvalue weighted by molar-refractivity contribution is -0.143. The maximum atomic E-state index is 12.5. The van der Waals surface area contributed by atoms with E-state index >= 15 is 0 Å². The Labute approximate surface area is 449 Å². The molecule has 2 atom stereocenters. The lowest BCUT2D eigenvalue weighted by atomic mass is 10.0. The van der Waals surface area contributed by atoms with Crippen LogP contribution in [0.15, 0.2) is 36.5 Å². The number of ether oxygens (including phenoxy) is 1. The fourth-order valence-electron chi connectivity index (χ4n) is 9.96. The van der Waals surface area contributed by atoms with Crippen LogP contribution in [0.4, 0.5) is 0 Å². The van der Waals surface area contributed by atoms with Gasteiger partial charge in [0.15, 0.2) is 0 Å². The summed E-state index contributed by atoms with van der Waals surface area (Å²) in [6, 6.07) is -0.542. The van der Waals surface area contributed by atoms with E-state index in [2.05, 4.69) is 55.6 Å². The maximum absolute atomic E-state index is 12.5. The van der Waals surface area contributed by atoms with Crippen LogP contribution in [0.2, 0.25) is 0 Å². The average molecular weight is 1010 g/mol. The van der Waals surface area contributed by atoms with Crippen LogP contribution < -0.4 is 5.32 Å². The molecule has 3 N–H and O–H groups in total. The van der Waals surface area contributed by atoms with E-state index in [0.29, 0.717) is 25.9 Å². The van der Waals surface area contributed by atoms with Gasteiger partial charge in [0.2, 0.25) is 5.91 Å². The Balaban J connectivity index is 3.40. The molecule has 0 aliphatic carbocycles. The molecule has 0 saturated carbocycles. The fourth-order valence-corrected chi connectivity index (χ4v) is 9.96. The van der Waals surface area contributed by atoms with Crippen LogP contribution in [0.25, 0.3) is 0 Å². The first-order valence-corrected chi connectivity index (χ1v) is 32.2. The number of carbonyl (C=O) groups is 2. The van der Waals surface area contributed by atoms with Gasteiger partial charge in [-0.3, -0.25) is 9.59 Å². The Morgan fingerprint density at radius 1 is 0.389 bits per heavy atom. The molecule has 0 rings (SSSR count). The molecule has 0 aromatic rings. The Morgan fingerprint density at radius 2 is 0.694 bits per heavy atom. The molecule has 2 unspecified atom stereocenters. The van der Waals surface area contributed by atoms with Crippen LogP contribution >= 0.6 is 0 Å². The molecule has 0 saturated heterocycles. The van der Waals surface area contributed by atoms with Gasteiger partial charge in [0.25, 0.3) is 0 Å². The summed E-state index contributed by atoms with van der Waals surface area (Å²) in [4.78, 5) is 24.5. The van der Waals surface area contributed by atoms with Gasteiger partial charge in [-0.25, -0.2) is 0 Å². The van der Waals surface area contributed by atoms with Crippen LogP contribution in [0.5, 0.6) is 0 Å². The van der Waals surface area contributed by atoms with Crippen LogP contribution in [0, 0.1) is 0 Å². The Morgan fingerprint density at radius 3 is 1.10 bits per heavy atom. The third-order valence-corrected chi connectivity index (χ3v) is 14.9. The van der Waals surface area contributed by atoms with Gasteiger partial charge in [0.05, 0.1) is 25.4 Å². The van der Waals surface area contributed by atoms with Crippen molar-refractivity contribution in [3.63, 3.8) is 0 Å². The number of allylic oxidation sites excluding steroid dienone is 6. The number of hydrogen-bond donors (Lipinski definition) is 3. The fraction of sp³-hybridized carbons (Fsp3) is 0.879. The van der Waals surface area contributed by atoms with E-state index < -0.39 is 12.1 Å². The minimum Gasteiger partial charge on any atom is -0.466 e. The van der Waals surface area contributed by atoms with Crippen LogP contribution in [0.3, 0.4) is 0 Å². The van der Waals surface area contributed by atoms with E-state index in [4.69, 9.17) is 4.74 Å². The summed E-state index contributed by atoms with van der Waals surface area (Å²) in [7, 11) is 0. The Kier molecular flexibility index (Phi) is 60.0. The van der Waals surface area contributed by atoms with E-state index in [1.54, 1.807) is 0 Å². The first-order chi connectivity index (χ1) is 35.5. The summed E-state index contributed by atoms with van der Waals surface area (Å²) >= 11 is 0. The van der Waals surface area contributed by atoms with Crippen molar-refractivity contribution in [1.82, 2.24) is 5.32 Å². The van der Waals surface area contributed by atoms with Crippen molar-refractivity contribution in [2.45, 2.75) is 360 Å². The smallest absolute Gasteiger partial charge is 0.305 e. The first-order valence-electron chi connectivity index (χ1n) is 32.2. The van der Waals surface area contributed by atoms with E-state index in [0.717, 1.165) is 51.4 Å². The highest BCUT2D eigenvalue weighted by atomic mass is 16.5. The largest absolute Gasteiger partial charge is 0.466 e. The number of unbranched alkanes of at least 4 members (excludes halogenated alkanes) is 43. The van der Waals surface area contributed by atoms with Crippen molar-refractivity contribution in [1.29, 1.82) is 0 Å². The molecule has 6 nitrogen and oxygen atoms in total. The van der Waals surface area contributed by atoms with Gasteiger partial charge in [-0.05, 0) is 83.5 Å². The van der Waals surface area contributed by atoms with Gasteiger partial charge in [-0.2, -0.15) is 0 Å². The van der Waals surface area contributed by atoms with Gasteiger partial charge >= 0.3 is 5.97 Å². The second kappa shape index (κ2) is 61.6. The predicted molar refractivity (Wildman–Crippen MR) is 315 cm³/mol. The molecule has 0 radical (unpaired) electrons. The zero-order valence-corrected chi connectivity index (χ0v) is 48.4. The third kappa shape index (κ3) is 57.4. The predicted octanol–water partition coefficient (Wildman–Crippen LogP) is 20.4. The number of amides is 1. The molecule has 72 heavy (non-hydrogen) atoms. The number of hydrogen-bond acceptors (Lipinski definition) is 5. The summed E-state index contributed by atoms with van der Waals surface area (Å²) in [6.07, 6.45) is 77.4. The van der Waals surface area contributed by atoms with Crippen molar-refractivity contribution < 1.29 is 24.5 Å². The summed E-state index contributed by atoms with van der Waals surface area (Å²) in [5, 5.41) is 23.3. The van der Waals surface area contributed by atoms with Gasteiger partial charge in [-0.1, -0.05) is 288 Å². The topological polar surface area (TPSA) is 95.9 Å². The Hall–Kier alpha value is -1.92. The van der Waals surface area contributed by atoms with E-state index in [9.17, 15) is 19.8 Å². The van der Waals surface area contributed by atoms with Crippen LogP contribution in [-0.2, 0) is 14.3 Å². The number of esters is 1. The van der Waals surface area contributed by atoms with Crippen molar-refractivity contribution in [3.05, 3.63) is 36.5 Å². The summed E-state index contributed by atoms with van der Waals surface area (Å²) < 4.78 is 5.46. The zero-order chi connectivity index (χ0) is 52.2. The minimum atomic E-state index is -0.664. The van der Waals surface area contributed by atoms with E-state index in [-0.39, 0.29) is 18.5 Å².